The van der Waals surface area contributed by atoms with Gasteiger partial charge in [0.15, 0.2) is 9.84 Å². The maximum Gasteiger partial charge on any atom is 0.224 e. The standard InChI is InChI=1S/C25H23NO4S2/c1-30-20-11-13-21(14-12-20)32(28,29)24(23-10-5-15-31-23)17-26-25(27)16-19-8-4-7-18-6-2-3-9-22(18)19/h2-15,24H,16-17H2,1H3,(H,26,27). The van der Waals surface area contributed by atoms with Gasteiger partial charge in [-0.05, 0) is 52.0 Å². The highest BCUT2D eigenvalue weighted by molar-refractivity contribution is 7.91. The Morgan fingerprint density at radius 1 is 0.969 bits per heavy atom. The van der Waals surface area contributed by atoms with Gasteiger partial charge in [0, 0.05) is 11.4 Å². The lowest BCUT2D eigenvalue weighted by Crippen LogP contribution is -2.32. The molecule has 4 aromatic rings. The lowest BCUT2D eigenvalue weighted by atomic mass is 10.0. The van der Waals surface area contributed by atoms with Gasteiger partial charge in [-0.3, -0.25) is 4.79 Å². The zero-order valence-electron chi connectivity index (χ0n) is 17.5. The van der Waals surface area contributed by atoms with Crippen molar-refractivity contribution in [2.24, 2.45) is 0 Å². The summed E-state index contributed by atoms with van der Waals surface area (Å²) < 4.78 is 31.9. The number of methoxy groups -OCH3 is 1. The number of rotatable bonds is 8. The molecular formula is C25H23NO4S2. The SMILES string of the molecule is COc1ccc(S(=O)(=O)C(CNC(=O)Cc2cccc3ccccc23)c2cccs2)cc1. The Bertz CT molecular complexity index is 1310. The lowest BCUT2D eigenvalue weighted by Gasteiger charge is -2.18. The molecule has 3 aromatic carbocycles. The van der Waals surface area contributed by atoms with Gasteiger partial charge in [0.25, 0.3) is 0 Å². The van der Waals surface area contributed by atoms with Crippen molar-refractivity contribution in [1.82, 2.24) is 5.32 Å². The summed E-state index contributed by atoms with van der Waals surface area (Å²) in [7, 11) is -2.18. The van der Waals surface area contributed by atoms with Crippen LogP contribution in [0.1, 0.15) is 15.7 Å². The predicted molar refractivity (Wildman–Crippen MR) is 128 cm³/mol. The third-order valence-corrected chi connectivity index (χ3v) is 8.57. The quantitative estimate of drug-likeness (QED) is 0.406. The predicted octanol–water partition coefficient (Wildman–Crippen LogP) is 4.78. The maximum absolute atomic E-state index is 13.4. The molecule has 1 unspecified atom stereocenters. The fourth-order valence-electron chi connectivity index (χ4n) is 3.66. The molecule has 5 nitrogen and oxygen atoms in total. The normalized spacial score (nSPS) is 12.4. The van der Waals surface area contributed by atoms with Crippen LogP contribution in [-0.2, 0) is 21.1 Å². The first-order chi connectivity index (χ1) is 15.5. The third-order valence-electron chi connectivity index (χ3n) is 5.34. The highest BCUT2D eigenvalue weighted by Crippen LogP contribution is 2.32. The molecule has 4 rings (SSSR count). The second kappa shape index (κ2) is 9.54. The van der Waals surface area contributed by atoms with Crippen molar-refractivity contribution in [3.63, 3.8) is 0 Å². The Hall–Kier alpha value is -3.16. The fraction of sp³-hybridized carbons (Fsp3) is 0.160. The molecule has 32 heavy (non-hydrogen) atoms. The van der Waals surface area contributed by atoms with Crippen molar-refractivity contribution in [2.75, 3.05) is 13.7 Å². The van der Waals surface area contributed by atoms with Gasteiger partial charge in [-0.1, -0.05) is 48.5 Å². The van der Waals surface area contributed by atoms with Gasteiger partial charge in [0.1, 0.15) is 11.0 Å². The van der Waals surface area contributed by atoms with Crippen molar-refractivity contribution in [2.45, 2.75) is 16.6 Å². The van der Waals surface area contributed by atoms with E-state index >= 15 is 0 Å². The molecule has 0 aliphatic carbocycles. The van der Waals surface area contributed by atoms with E-state index in [1.807, 2.05) is 53.9 Å². The van der Waals surface area contributed by atoms with E-state index in [9.17, 15) is 13.2 Å². The molecule has 7 heteroatoms. The number of sulfone groups is 1. The summed E-state index contributed by atoms with van der Waals surface area (Å²) in [6.07, 6.45) is 0.182. The fourth-order valence-corrected chi connectivity index (χ4v) is 6.44. The third kappa shape index (κ3) is 4.69. The highest BCUT2D eigenvalue weighted by Gasteiger charge is 2.30. The molecule has 0 saturated carbocycles. The summed E-state index contributed by atoms with van der Waals surface area (Å²) in [4.78, 5) is 13.6. The summed E-state index contributed by atoms with van der Waals surface area (Å²) in [5.74, 6) is 0.368. The van der Waals surface area contributed by atoms with Gasteiger partial charge >= 0.3 is 0 Å². The van der Waals surface area contributed by atoms with Gasteiger partial charge < -0.3 is 10.1 Å². The van der Waals surface area contributed by atoms with E-state index in [1.54, 1.807) is 18.2 Å². The molecule has 164 valence electrons. The molecule has 0 bridgehead atoms. The average Bonchev–Trinajstić information content (AvgIpc) is 3.34. The van der Waals surface area contributed by atoms with Gasteiger partial charge in [0.05, 0.1) is 18.4 Å². The molecule has 1 heterocycles. The van der Waals surface area contributed by atoms with E-state index in [1.165, 1.54) is 30.6 Å². The number of carbonyl (C=O) groups is 1. The van der Waals surface area contributed by atoms with Crippen molar-refractivity contribution < 1.29 is 17.9 Å². The van der Waals surface area contributed by atoms with Crippen LogP contribution in [0, 0.1) is 0 Å². The van der Waals surface area contributed by atoms with Gasteiger partial charge in [-0.25, -0.2) is 8.42 Å². The van der Waals surface area contributed by atoms with Crippen LogP contribution in [0.25, 0.3) is 10.8 Å². The Kier molecular flexibility index (Phi) is 6.58. The van der Waals surface area contributed by atoms with E-state index in [0.717, 1.165) is 16.3 Å². The molecule has 1 aromatic heterocycles. The molecule has 0 radical (unpaired) electrons. The summed E-state index contributed by atoms with van der Waals surface area (Å²) >= 11 is 1.36. The second-order valence-electron chi connectivity index (χ2n) is 7.34. The van der Waals surface area contributed by atoms with Gasteiger partial charge in [-0.2, -0.15) is 0 Å². The number of ether oxygens (including phenoxy) is 1. The highest BCUT2D eigenvalue weighted by atomic mass is 32.2. The number of nitrogens with one attached hydrogen (secondary N) is 1. The second-order valence-corrected chi connectivity index (χ2v) is 10.5. The smallest absolute Gasteiger partial charge is 0.224 e. The van der Waals surface area contributed by atoms with E-state index in [2.05, 4.69) is 5.32 Å². The van der Waals surface area contributed by atoms with Crippen LogP contribution >= 0.6 is 11.3 Å². The summed E-state index contributed by atoms with van der Waals surface area (Å²) in [5.41, 5.74) is 0.909. The number of thiophene rings is 1. The number of fused-ring (bicyclic) bond motifs is 1. The summed E-state index contributed by atoms with van der Waals surface area (Å²) in [5, 5.41) is 5.90. The number of benzene rings is 3. The minimum Gasteiger partial charge on any atom is -0.497 e. The molecule has 1 atom stereocenters. The first kappa shape index (κ1) is 22.0. The first-order valence-electron chi connectivity index (χ1n) is 10.1. The molecule has 0 spiro atoms. The maximum atomic E-state index is 13.4. The Morgan fingerprint density at radius 3 is 2.44 bits per heavy atom. The Balaban J connectivity index is 1.54. The van der Waals surface area contributed by atoms with Crippen LogP contribution in [0.15, 0.2) is 89.1 Å². The van der Waals surface area contributed by atoms with Crippen LogP contribution in [0.5, 0.6) is 5.75 Å². The molecule has 1 amide bonds. The Morgan fingerprint density at radius 2 is 1.72 bits per heavy atom. The minimum absolute atomic E-state index is 0.00151. The molecule has 0 fully saturated rings. The molecule has 0 aliphatic heterocycles. The van der Waals surface area contributed by atoms with E-state index in [-0.39, 0.29) is 23.8 Å². The van der Waals surface area contributed by atoms with E-state index in [4.69, 9.17) is 4.74 Å². The largest absolute Gasteiger partial charge is 0.497 e. The lowest BCUT2D eigenvalue weighted by molar-refractivity contribution is -0.120. The van der Waals surface area contributed by atoms with E-state index < -0.39 is 15.1 Å². The zero-order valence-corrected chi connectivity index (χ0v) is 19.2. The number of carbonyl (C=O) groups excluding carboxylic acids is 1. The zero-order chi connectivity index (χ0) is 22.6. The first-order valence-corrected chi connectivity index (χ1v) is 12.6. The van der Waals surface area contributed by atoms with Crippen molar-refractivity contribution >= 4 is 37.9 Å². The van der Waals surface area contributed by atoms with Crippen molar-refractivity contribution in [3.05, 3.63) is 94.7 Å². The van der Waals surface area contributed by atoms with E-state index in [0.29, 0.717) is 10.6 Å². The summed E-state index contributed by atoms with van der Waals surface area (Å²) in [6, 6.07) is 23.7. The average molecular weight is 466 g/mol. The van der Waals surface area contributed by atoms with Crippen LogP contribution in [0.3, 0.4) is 0 Å². The number of amides is 1. The molecular weight excluding hydrogens is 442 g/mol. The van der Waals surface area contributed by atoms with Gasteiger partial charge in [-0.15, -0.1) is 11.3 Å². The van der Waals surface area contributed by atoms with Crippen molar-refractivity contribution in [3.8, 4) is 5.75 Å². The molecule has 0 aliphatic rings. The number of hydrogen-bond acceptors (Lipinski definition) is 5. The topological polar surface area (TPSA) is 72.5 Å². The van der Waals surface area contributed by atoms with Crippen molar-refractivity contribution in [1.29, 1.82) is 0 Å². The van der Waals surface area contributed by atoms with Crippen LogP contribution in [0.4, 0.5) is 0 Å². The molecule has 0 saturated heterocycles. The van der Waals surface area contributed by atoms with Crippen LogP contribution in [0.2, 0.25) is 0 Å². The number of hydrogen-bond donors (Lipinski definition) is 1. The summed E-state index contributed by atoms with van der Waals surface area (Å²) in [6.45, 7) is -0.00151. The minimum atomic E-state index is -3.71. The van der Waals surface area contributed by atoms with Crippen LogP contribution in [-0.4, -0.2) is 28.0 Å². The molecule has 1 N–H and O–H groups in total. The Labute approximate surface area is 191 Å². The van der Waals surface area contributed by atoms with Gasteiger partial charge in [0.2, 0.25) is 5.91 Å². The van der Waals surface area contributed by atoms with Crippen LogP contribution < -0.4 is 10.1 Å². The monoisotopic (exact) mass is 465 g/mol.